The first-order valence-corrected chi connectivity index (χ1v) is 9.67. The van der Waals surface area contributed by atoms with Gasteiger partial charge in [-0.05, 0) is 49.2 Å². The van der Waals surface area contributed by atoms with Crippen molar-refractivity contribution in [2.45, 2.75) is 26.8 Å². The number of ether oxygens (including phenoxy) is 1. The molecule has 2 aromatic carbocycles. The highest BCUT2D eigenvalue weighted by atomic mass is 19.1. The summed E-state index contributed by atoms with van der Waals surface area (Å²) in [5.41, 5.74) is 0.412. The van der Waals surface area contributed by atoms with Crippen molar-refractivity contribution in [2.75, 3.05) is 18.5 Å². The number of hydrogen-bond donors (Lipinski definition) is 3. The molecule has 2 rings (SSSR count). The normalized spacial score (nSPS) is 11.5. The van der Waals surface area contributed by atoms with Gasteiger partial charge in [0.1, 0.15) is 17.6 Å². The summed E-state index contributed by atoms with van der Waals surface area (Å²) in [6, 6.07) is 11.4. The zero-order chi connectivity index (χ0) is 22.1. The van der Waals surface area contributed by atoms with Crippen LogP contribution in [-0.4, -0.2) is 36.9 Å². The summed E-state index contributed by atoms with van der Waals surface area (Å²) in [6.07, 6.45) is 0. The molecule has 0 bridgehead atoms. The lowest BCUT2D eigenvalue weighted by atomic mass is 10.0. The van der Waals surface area contributed by atoms with Crippen LogP contribution < -0.4 is 20.7 Å². The Morgan fingerprint density at radius 3 is 2.30 bits per heavy atom. The third-order valence-corrected chi connectivity index (χ3v) is 4.23. The maximum absolute atomic E-state index is 13.8. The number of hydrogen-bond acceptors (Lipinski definition) is 4. The number of amides is 3. The summed E-state index contributed by atoms with van der Waals surface area (Å²) in [6.45, 7) is 5.63. The molecule has 0 aliphatic heterocycles. The number of benzene rings is 2. The molecule has 30 heavy (non-hydrogen) atoms. The fourth-order valence-electron chi connectivity index (χ4n) is 2.68. The first-order chi connectivity index (χ1) is 14.3. The van der Waals surface area contributed by atoms with Gasteiger partial charge in [-0.1, -0.05) is 26.0 Å². The van der Waals surface area contributed by atoms with Crippen LogP contribution in [0.25, 0.3) is 0 Å². The van der Waals surface area contributed by atoms with E-state index in [9.17, 15) is 18.8 Å². The Bertz CT molecular complexity index is 884. The van der Waals surface area contributed by atoms with Gasteiger partial charge in [0.05, 0.1) is 18.7 Å². The van der Waals surface area contributed by atoms with Crippen LogP contribution in [0.15, 0.2) is 48.5 Å². The predicted molar refractivity (Wildman–Crippen MR) is 112 cm³/mol. The standard InChI is InChI=1S/C22H26FN3O4/c1-4-30-16-11-9-15(10-12-16)25-19(27)13-24-22(29)20(14(2)3)26-21(28)17-7-5-6-8-18(17)23/h5-12,14,20H,4,13H2,1-3H3,(H,24,29)(H,25,27)(H,26,28). The molecule has 2 aromatic rings. The molecule has 7 nitrogen and oxygen atoms in total. The topological polar surface area (TPSA) is 96.5 Å². The molecule has 0 aromatic heterocycles. The molecule has 1 atom stereocenters. The van der Waals surface area contributed by atoms with Gasteiger partial charge in [-0.15, -0.1) is 0 Å². The number of anilines is 1. The average molecular weight is 415 g/mol. The van der Waals surface area contributed by atoms with E-state index in [0.29, 0.717) is 18.0 Å². The Kier molecular flexibility index (Phi) is 8.34. The highest BCUT2D eigenvalue weighted by Crippen LogP contribution is 2.15. The van der Waals surface area contributed by atoms with E-state index >= 15 is 0 Å². The maximum Gasteiger partial charge on any atom is 0.254 e. The number of nitrogens with one attached hydrogen (secondary N) is 3. The molecule has 3 N–H and O–H groups in total. The summed E-state index contributed by atoms with van der Waals surface area (Å²) in [5.74, 6) is -1.90. The third kappa shape index (κ3) is 6.58. The molecule has 3 amide bonds. The lowest BCUT2D eigenvalue weighted by Crippen LogP contribution is -2.51. The highest BCUT2D eigenvalue weighted by molar-refractivity contribution is 5.99. The molecule has 0 saturated heterocycles. The second kappa shape index (κ2) is 10.9. The second-order valence-electron chi connectivity index (χ2n) is 6.90. The van der Waals surface area contributed by atoms with Gasteiger partial charge in [0.15, 0.2) is 0 Å². The molecule has 0 fully saturated rings. The average Bonchev–Trinajstić information content (AvgIpc) is 2.72. The fourth-order valence-corrected chi connectivity index (χ4v) is 2.68. The van der Waals surface area contributed by atoms with Crippen molar-refractivity contribution in [2.24, 2.45) is 5.92 Å². The van der Waals surface area contributed by atoms with Gasteiger partial charge in [0.25, 0.3) is 5.91 Å². The molecule has 0 spiro atoms. The molecule has 0 heterocycles. The Morgan fingerprint density at radius 2 is 1.70 bits per heavy atom. The zero-order valence-corrected chi connectivity index (χ0v) is 17.2. The van der Waals surface area contributed by atoms with Gasteiger partial charge < -0.3 is 20.7 Å². The minimum Gasteiger partial charge on any atom is -0.494 e. The van der Waals surface area contributed by atoms with Crippen molar-refractivity contribution in [3.05, 3.63) is 59.9 Å². The van der Waals surface area contributed by atoms with Crippen LogP contribution in [-0.2, 0) is 9.59 Å². The second-order valence-corrected chi connectivity index (χ2v) is 6.90. The summed E-state index contributed by atoms with van der Waals surface area (Å²) in [7, 11) is 0. The first-order valence-electron chi connectivity index (χ1n) is 9.67. The van der Waals surface area contributed by atoms with Crippen LogP contribution in [0, 0.1) is 11.7 Å². The van der Waals surface area contributed by atoms with Crippen molar-refractivity contribution in [1.29, 1.82) is 0 Å². The summed E-state index contributed by atoms with van der Waals surface area (Å²) in [5, 5.41) is 7.69. The molecule has 0 saturated carbocycles. The van der Waals surface area contributed by atoms with Crippen LogP contribution in [0.3, 0.4) is 0 Å². The van der Waals surface area contributed by atoms with E-state index in [0.717, 1.165) is 0 Å². The Balaban J connectivity index is 1.90. The molecular formula is C22H26FN3O4. The number of rotatable bonds is 9. The van der Waals surface area contributed by atoms with E-state index in [4.69, 9.17) is 4.74 Å². The van der Waals surface area contributed by atoms with Crippen LogP contribution in [0.2, 0.25) is 0 Å². The highest BCUT2D eigenvalue weighted by Gasteiger charge is 2.25. The molecule has 8 heteroatoms. The van der Waals surface area contributed by atoms with E-state index in [1.54, 1.807) is 38.1 Å². The molecule has 0 radical (unpaired) electrons. The van der Waals surface area contributed by atoms with Crippen molar-refractivity contribution in [3.63, 3.8) is 0 Å². The van der Waals surface area contributed by atoms with Crippen LogP contribution >= 0.6 is 0 Å². The smallest absolute Gasteiger partial charge is 0.254 e. The fraction of sp³-hybridized carbons (Fsp3) is 0.318. The van der Waals surface area contributed by atoms with Gasteiger partial charge in [-0.2, -0.15) is 0 Å². The minimum atomic E-state index is -0.921. The first kappa shape index (κ1) is 22.9. The zero-order valence-electron chi connectivity index (χ0n) is 17.2. The molecule has 1 unspecified atom stereocenters. The molecule has 0 aliphatic rings. The van der Waals surface area contributed by atoms with Crippen LogP contribution in [0.5, 0.6) is 5.75 Å². The third-order valence-electron chi connectivity index (χ3n) is 4.23. The van der Waals surface area contributed by atoms with E-state index in [2.05, 4.69) is 16.0 Å². The Morgan fingerprint density at radius 1 is 1.03 bits per heavy atom. The lowest BCUT2D eigenvalue weighted by molar-refractivity contribution is -0.126. The van der Waals surface area contributed by atoms with E-state index in [1.807, 2.05) is 6.92 Å². The van der Waals surface area contributed by atoms with Crippen molar-refractivity contribution in [1.82, 2.24) is 10.6 Å². The van der Waals surface area contributed by atoms with Crippen LogP contribution in [0.4, 0.5) is 10.1 Å². The van der Waals surface area contributed by atoms with Gasteiger partial charge in [0.2, 0.25) is 11.8 Å². The van der Waals surface area contributed by atoms with Gasteiger partial charge in [-0.3, -0.25) is 14.4 Å². The summed E-state index contributed by atoms with van der Waals surface area (Å²) >= 11 is 0. The van der Waals surface area contributed by atoms with Crippen molar-refractivity contribution < 1.29 is 23.5 Å². The van der Waals surface area contributed by atoms with Gasteiger partial charge in [0, 0.05) is 5.69 Å². The summed E-state index contributed by atoms with van der Waals surface area (Å²) < 4.78 is 19.1. The Labute approximate surface area is 175 Å². The maximum atomic E-state index is 13.8. The summed E-state index contributed by atoms with van der Waals surface area (Å²) in [4.78, 5) is 36.9. The Hall–Kier alpha value is -3.42. The minimum absolute atomic E-state index is 0.149. The van der Waals surface area contributed by atoms with E-state index in [-0.39, 0.29) is 18.0 Å². The van der Waals surface area contributed by atoms with E-state index < -0.39 is 29.6 Å². The van der Waals surface area contributed by atoms with Crippen molar-refractivity contribution >= 4 is 23.4 Å². The predicted octanol–water partition coefficient (Wildman–Crippen LogP) is 2.73. The molecule has 0 aliphatic carbocycles. The molecular weight excluding hydrogens is 389 g/mol. The van der Waals surface area contributed by atoms with Crippen molar-refractivity contribution in [3.8, 4) is 5.75 Å². The van der Waals surface area contributed by atoms with E-state index in [1.165, 1.54) is 24.3 Å². The monoisotopic (exact) mass is 415 g/mol. The van der Waals surface area contributed by atoms with Crippen LogP contribution in [0.1, 0.15) is 31.1 Å². The SMILES string of the molecule is CCOc1ccc(NC(=O)CNC(=O)C(NC(=O)c2ccccc2F)C(C)C)cc1. The molecule has 160 valence electrons. The largest absolute Gasteiger partial charge is 0.494 e. The lowest BCUT2D eigenvalue weighted by Gasteiger charge is -2.21. The van der Waals surface area contributed by atoms with Gasteiger partial charge >= 0.3 is 0 Å². The quantitative estimate of drug-likeness (QED) is 0.587. The number of carbonyl (C=O) groups is 3. The number of carbonyl (C=O) groups excluding carboxylic acids is 3. The number of halogens is 1. The van der Waals surface area contributed by atoms with Gasteiger partial charge in [-0.25, -0.2) is 4.39 Å².